The van der Waals surface area contributed by atoms with Crippen molar-refractivity contribution in [1.29, 1.82) is 0 Å². The van der Waals surface area contributed by atoms with Crippen LogP contribution in [0.1, 0.15) is 35.4 Å². The van der Waals surface area contributed by atoms with Crippen LogP contribution in [0.4, 0.5) is 5.69 Å². The van der Waals surface area contributed by atoms with Gasteiger partial charge in [-0.1, -0.05) is 103 Å². The maximum absolute atomic E-state index is 15.2. The zero-order valence-electron chi connectivity index (χ0n) is 28.2. The fourth-order valence-corrected chi connectivity index (χ4v) is 9.30. The summed E-state index contributed by atoms with van der Waals surface area (Å²) in [6, 6.07) is 31.8. The number of rotatable bonds is 8. The Morgan fingerprint density at radius 3 is 2.25 bits per heavy atom. The van der Waals surface area contributed by atoms with Crippen LogP contribution in [0.2, 0.25) is 0 Å². The van der Waals surface area contributed by atoms with Crippen molar-refractivity contribution >= 4 is 47.2 Å². The molecule has 0 bridgehead atoms. The van der Waals surface area contributed by atoms with E-state index >= 15 is 9.59 Å². The zero-order valence-corrected chi connectivity index (χ0v) is 28.2. The first-order valence-electron chi connectivity index (χ1n) is 17.5. The molecule has 10 heteroatoms. The molecule has 2 amide bonds. The minimum absolute atomic E-state index is 0.00710. The number of amides is 2. The van der Waals surface area contributed by atoms with Gasteiger partial charge in [0.1, 0.15) is 12.4 Å². The largest absolute Gasteiger partial charge is 0.491 e. The monoisotopic (exact) mass is 693 g/mol. The number of carbonyl (C=O) groups excluding carboxylic acids is 4. The van der Waals surface area contributed by atoms with Gasteiger partial charge >= 0.3 is 7.12 Å². The van der Waals surface area contributed by atoms with Crippen molar-refractivity contribution in [3.8, 4) is 5.75 Å². The van der Waals surface area contributed by atoms with Gasteiger partial charge < -0.3 is 19.9 Å². The fourth-order valence-electron chi connectivity index (χ4n) is 9.30. The van der Waals surface area contributed by atoms with Gasteiger partial charge in [-0.15, -0.1) is 0 Å². The second-order valence-corrected chi connectivity index (χ2v) is 13.9. The number of para-hydroxylation sites is 1. The summed E-state index contributed by atoms with van der Waals surface area (Å²) in [6.07, 6.45) is 3.84. The SMILES string of the molecule is O=C1C(c2ccccc2)=CC(=O)C2(c3ccccc3)C1CC1C(=CCC3C(=O)N(c4cccc(B(O)O)c4)C(=O)C31)C2c1ccccc1OCCO. The number of allylic oxidation sites excluding steroid dienone is 4. The van der Waals surface area contributed by atoms with Gasteiger partial charge in [-0.3, -0.25) is 24.1 Å². The maximum Gasteiger partial charge on any atom is 0.488 e. The van der Waals surface area contributed by atoms with E-state index in [1.54, 1.807) is 30.3 Å². The number of aliphatic hydroxyl groups is 1. The Bertz CT molecular complexity index is 2150. The summed E-state index contributed by atoms with van der Waals surface area (Å²) in [4.78, 5) is 60.2. The van der Waals surface area contributed by atoms with Gasteiger partial charge in [0.2, 0.25) is 11.8 Å². The standard InChI is InChI=1S/C42H36BNO8/c45-20-21-52-35-17-8-7-16-30(35)38-29-18-19-31-37(41(49)44(40(31)48)28-15-9-14-27(22-28)43(50)51)33(29)23-34-39(47)32(25-10-3-1-4-11-25)24-36(46)42(34,38)26-12-5-2-6-13-26/h1-18,22,24,31,33-34,37-38,45,50-51H,19-21,23H2. The summed E-state index contributed by atoms with van der Waals surface area (Å²) in [5.41, 5.74) is 2.00. The van der Waals surface area contributed by atoms with Gasteiger partial charge in [0.05, 0.1) is 29.5 Å². The Labute approximate surface area is 301 Å². The number of anilines is 1. The van der Waals surface area contributed by atoms with Crippen LogP contribution in [-0.2, 0) is 24.6 Å². The molecular formula is C42H36BNO8. The van der Waals surface area contributed by atoms with Gasteiger partial charge in [0.15, 0.2) is 11.6 Å². The van der Waals surface area contributed by atoms with Gasteiger partial charge in [-0.2, -0.15) is 0 Å². The second kappa shape index (κ2) is 13.3. The molecule has 6 atom stereocenters. The first kappa shape index (κ1) is 33.7. The Balaban J connectivity index is 1.35. The summed E-state index contributed by atoms with van der Waals surface area (Å²) in [7, 11) is -1.79. The summed E-state index contributed by atoms with van der Waals surface area (Å²) in [5.74, 6) is -4.63. The lowest BCUT2D eigenvalue weighted by atomic mass is 9.44. The highest BCUT2D eigenvalue weighted by molar-refractivity contribution is 6.58. The van der Waals surface area contributed by atoms with Crippen LogP contribution < -0.4 is 15.1 Å². The average Bonchev–Trinajstić information content (AvgIpc) is 3.44. The number of aliphatic hydroxyl groups excluding tert-OH is 1. The van der Waals surface area contributed by atoms with Gasteiger partial charge in [0, 0.05) is 23.0 Å². The lowest BCUT2D eigenvalue weighted by molar-refractivity contribution is -0.135. The number of imide groups is 1. The average molecular weight is 694 g/mol. The summed E-state index contributed by atoms with van der Waals surface area (Å²) in [6.45, 7) is -0.227. The number of carbonyl (C=O) groups is 4. The highest BCUT2D eigenvalue weighted by atomic mass is 16.5. The van der Waals surface area contributed by atoms with Crippen molar-refractivity contribution in [3.05, 3.63) is 144 Å². The number of nitrogens with zero attached hydrogens (tertiary/aromatic N) is 1. The van der Waals surface area contributed by atoms with E-state index < -0.39 is 53.9 Å². The van der Waals surface area contributed by atoms with E-state index in [-0.39, 0.29) is 48.8 Å². The molecule has 4 aromatic rings. The van der Waals surface area contributed by atoms with Crippen LogP contribution in [0, 0.1) is 23.7 Å². The first-order valence-corrected chi connectivity index (χ1v) is 17.5. The Hall–Kier alpha value is -5.42. The number of Topliss-reactive ketones (excluding diaryl/α,β-unsaturated/α-hetero) is 1. The number of ketones is 2. The van der Waals surface area contributed by atoms with Crippen molar-refractivity contribution in [1.82, 2.24) is 0 Å². The zero-order chi connectivity index (χ0) is 36.1. The van der Waals surface area contributed by atoms with Crippen molar-refractivity contribution < 1.29 is 39.1 Å². The minimum atomic E-state index is -1.79. The molecule has 0 radical (unpaired) electrons. The molecule has 4 aliphatic rings. The summed E-state index contributed by atoms with van der Waals surface area (Å²) in [5, 5.41) is 29.4. The third-order valence-electron chi connectivity index (χ3n) is 11.4. The van der Waals surface area contributed by atoms with Crippen molar-refractivity contribution in [2.45, 2.75) is 24.2 Å². The molecule has 260 valence electrons. The fraction of sp³-hybridized carbons (Fsp3) is 0.238. The first-order chi connectivity index (χ1) is 25.3. The van der Waals surface area contributed by atoms with E-state index in [0.29, 0.717) is 28.0 Å². The predicted molar refractivity (Wildman–Crippen MR) is 194 cm³/mol. The third kappa shape index (κ3) is 5.12. The molecule has 8 rings (SSSR count). The molecule has 0 spiro atoms. The van der Waals surface area contributed by atoms with E-state index in [2.05, 4.69) is 0 Å². The highest BCUT2D eigenvalue weighted by Crippen LogP contribution is 2.64. The highest BCUT2D eigenvalue weighted by Gasteiger charge is 2.66. The van der Waals surface area contributed by atoms with Crippen LogP contribution in [-0.4, -0.2) is 58.9 Å². The smallest absolute Gasteiger partial charge is 0.488 e. The molecular weight excluding hydrogens is 657 g/mol. The van der Waals surface area contributed by atoms with E-state index in [0.717, 1.165) is 10.5 Å². The second-order valence-electron chi connectivity index (χ2n) is 13.9. The Morgan fingerprint density at radius 1 is 0.808 bits per heavy atom. The molecule has 3 N–H and O–H groups in total. The van der Waals surface area contributed by atoms with E-state index in [1.165, 1.54) is 18.2 Å². The molecule has 9 nitrogen and oxygen atoms in total. The number of ether oxygens (including phenoxy) is 1. The molecule has 3 aliphatic carbocycles. The summed E-state index contributed by atoms with van der Waals surface area (Å²) >= 11 is 0. The Kier molecular flexibility index (Phi) is 8.61. The van der Waals surface area contributed by atoms with Crippen molar-refractivity contribution in [2.75, 3.05) is 18.1 Å². The quantitative estimate of drug-likeness (QED) is 0.144. The molecule has 1 saturated carbocycles. The lowest BCUT2D eigenvalue weighted by Gasteiger charge is -2.55. The topological polar surface area (TPSA) is 141 Å². The number of hydrogen-bond donors (Lipinski definition) is 3. The van der Waals surface area contributed by atoms with Crippen LogP contribution in [0.25, 0.3) is 5.57 Å². The number of fused-ring (bicyclic) bond motifs is 4. The van der Waals surface area contributed by atoms with Gasteiger partial charge in [-0.25, -0.2) is 0 Å². The molecule has 0 aromatic heterocycles. The van der Waals surface area contributed by atoms with E-state index in [4.69, 9.17) is 4.74 Å². The maximum atomic E-state index is 15.2. The molecule has 6 unspecified atom stereocenters. The van der Waals surface area contributed by atoms with E-state index in [9.17, 15) is 24.7 Å². The number of hydrogen-bond acceptors (Lipinski definition) is 8. The lowest BCUT2D eigenvalue weighted by Crippen LogP contribution is -2.58. The van der Waals surface area contributed by atoms with Gasteiger partial charge in [-0.05, 0) is 59.6 Å². The van der Waals surface area contributed by atoms with E-state index in [1.807, 2.05) is 72.8 Å². The number of benzene rings is 4. The predicted octanol–water partition coefficient (Wildman–Crippen LogP) is 3.77. The molecule has 4 aromatic carbocycles. The molecule has 1 aliphatic heterocycles. The van der Waals surface area contributed by atoms with Crippen LogP contribution in [0.5, 0.6) is 5.75 Å². The molecule has 52 heavy (non-hydrogen) atoms. The van der Waals surface area contributed by atoms with Crippen molar-refractivity contribution in [2.24, 2.45) is 23.7 Å². The third-order valence-corrected chi connectivity index (χ3v) is 11.4. The van der Waals surface area contributed by atoms with Crippen molar-refractivity contribution in [3.63, 3.8) is 0 Å². The van der Waals surface area contributed by atoms with Crippen LogP contribution >= 0.6 is 0 Å². The normalized spacial score (nSPS) is 26.6. The van der Waals surface area contributed by atoms with Gasteiger partial charge in [0.25, 0.3) is 0 Å². The minimum Gasteiger partial charge on any atom is -0.491 e. The molecule has 2 fully saturated rings. The molecule has 1 saturated heterocycles. The van der Waals surface area contributed by atoms with Crippen LogP contribution in [0.3, 0.4) is 0 Å². The summed E-state index contributed by atoms with van der Waals surface area (Å²) < 4.78 is 6.10. The Morgan fingerprint density at radius 2 is 1.52 bits per heavy atom. The van der Waals surface area contributed by atoms with Crippen LogP contribution in [0.15, 0.2) is 127 Å². The molecule has 1 heterocycles.